The van der Waals surface area contributed by atoms with Gasteiger partial charge in [-0.2, -0.15) is 5.10 Å². The molecule has 1 aliphatic rings. The first kappa shape index (κ1) is 17.6. The minimum atomic E-state index is -0.308. The van der Waals surface area contributed by atoms with Crippen LogP contribution in [-0.2, 0) is 4.79 Å². The van der Waals surface area contributed by atoms with Gasteiger partial charge in [-0.1, -0.05) is 12.1 Å². The van der Waals surface area contributed by atoms with Crippen LogP contribution in [0.3, 0.4) is 0 Å². The van der Waals surface area contributed by atoms with Crippen LogP contribution < -0.4 is 4.90 Å². The van der Waals surface area contributed by atoms with Crippen molar-refractivity contribution in [2.24, 2.45) is 0 Å². The van der Waals surface area contributed by atoms with Crippen LogP contribution in [0.4, 0.5) is 14.5 Å². The fourth-order valence-corrected chi connectivity index (χ4v) is 4.00. The van der Waals surface area contributed by atoms with Crippen LogP contribution in [0.5, 0.6) is 0 Å². The minimum absolute atomic E-state index is 0.0181. The van der Waals surface area contributed by atoms with E-state index in [1.165, 1.54) is 24.3 Å². The number of carbonyl (C=O) groups is 1. The summed E-state index contributed by atoms with van der Waals surface area (Å²) in [5.74, 6) is -0.592. The van der Waals surface area contributed by atoms with E-state index in [0.29, 0.717) is 12.8 Å². The van der Waals surface area contributed by atoms with Crippen molar-refractivity contribution in [3.8, 4) is 5.69 Å². The Bertz CT molecular complexity index is 1220. The average Bonchev–Trinajstić information content (AvgIpc) is 3.31. The highest BCUT2D eigenvalue weighted by Crippen LogP contribution is 2.38. The summed E-state index contributed by atoms with van der Waals surface area (Å²) in [5, 5.41) is 5.28. The maximum absolute atomic E-state index is 13.7. The highest BCUT2D eigenvalue weighted by Gasteiger charge is 2.33. The Morgan fingerprint density at radius 2 is 1.69 bits per heavy atom. The van der Waals surface area contributed by atoms with E-state index >= 15 is 0 Å². The highest BCUT2D eigenvalue weighted by atomic mass is 19.1. The number of hydrogen-bond donors (Lipinski definition) is 0. The topological polar surface area (TPSA) is 38.1 Å². The van der Waals surface area contributed by atoms with Crippen LogP contribution in [0.1, 0.15) is 24.4 Å². The van der Waals surface area contributed by atoms with Gasteiger partial charge in [0.15, 0.2) is 0 Å². The molecule has 2 heterocycles. The Kier molecular flexibility index (Phi) is 4.12. The van der Waals surface area contributed by atoms with Gasteiger partial charge in [0.05, 0.1) is 23.4 Å². The van der Waals surface area contributed by atoms with Crippen LogP contribution in [0, 0.1) is 11.6 Å². The third-order valence-electron chi connectivity index (χ3n) is 5.35. The summed E-state index contributed by atoms with van der Waals surface area (Å²) < 4.78 is 28.7. The molecular formula is C23H17F2N3O. The molecular weight excluding hydrogens is 372 g/mol. The Morgan fingerprint density at radius 3 is 2.48 bits per heavy atom. The van der Waals surface area contributed by atoms with Gasteiger partial charge in [0.2, 0.25) is 5.91 Å². The maximum atomic E-state index is 13.7. The van der Waals surface area contributed by atoms with Crippen LogP contribution in [0.25, 0.3) is 16.6 Å². The van der Waals surface area contributed by atoms with Gasteiger partial charge in [0, 0.05) is 17.5 Å². The zero-order chi connectivity index (χ0) is 20.0. The van der Waals surface area contributed by atoms with Crippen molar-refractivity contribution < 1.29 is 13.6 Å². The summed E-state index contributed by atoms with van der Waals surface area (Å²) in [7, 11) is 0. The van der Waals surface area contributed by atoms with E-state index < -0.39 is 0 Å². The lowest BCUT2D eigenvalue weighted by Gasteiger charge is -2.25. The number of fused-ring (bicyclic) bond motifs is 1. The predicted octanol–water partition coefficient (Wildman–Crippen LogP) is 5.17. The Labute approximate surface area is 166 Å². The number of rotatable bonds is 3. The standard InChI is InChI=1S/C23H17F2N3O/c24-17-4-6-19(7-5-17)28-22-9-8-20(13-16(22)14-26-28)27-21(10-11-23(27)29)15-2-1-3-18(25)12-15/h1-9,12-14,21H,10-11H2/t21-/m0/s1. The molecule has 1 aliphatic heterocycles. The number of benzene rings is 3. The lowest BCUT2D eigenvalue weighted by molar-refractivity contribution is -0.117. The molecule has 0 spiro atoms. The van der Waals surface area contributed by atoms with Gasteiger partial charge in [-0.15, -0.1) is 0 Å². The van der Waals surface area contributed by atoms with Gasteiger partial charge < -0.3 is 4.90 Å². The van der Waals surface area contributed by atoms with Crippen molar-refractivity contribution in [1.82, 2.24) is 9.78 Å². The van der Waals surface area contributed by atoms with Crippen LogP contribution in [0.15, 0.2) is 72.9 Å². The van der Waals surface area contributed by atoms with Gasteiger partial charge in [-0.05, 0) is 66.6 Å². The van der Waals surface area contributed by atoms with E-state index in [1.807, 2.05) is 24.3 Å². The zero-order valence-corrected chi connectivity index (χ0v) is 15.4. The van der Waals surface area contributed by atoms with Crippen LogP contribution in [-0.4, -0.2) is 15.7 Å². The number of nitrogens with zero attached hydrogens (tertiary/aromatic N) is 3. The average molecular weight is 389 g/mol. The van der Waals surface area contributed by atoms with E-state index in [-0.39, 0.29) is 23.6 Å². The fraction of sp³-hybridized carbons (Fsp3) is 0.130. The van der Waals surface area contributed by atoms with E-state index in [2.05, 4.69) is 5.10 Å². The quantitative estimate of drug-likeness (QED) is 0.485. The molecule has 0 radical (unpaired) electrons. The molecule has 1 amide bonds. The Balaban J connectivity index is 1.54. The molecule has 0 bridgehead atoms. The first-order valence-corrected chi connectivity index (χ1v) is 9.41. The molecule has 4 nitrogen and oxygen atoms in total. The predicted molar refractivity (Wildman–Crippen MR) is 107 cm³/mol. The van der Waals surface area contributed by atoms with E-state index in [0.717, 1.165) is 27.8 Å². The van der Waals surface area contributed by atoms with Crippen LogP contribution in [0.2, 0.25) is 0 Å². The summed E-state index contributed by atoms with van der Waals surface area (Å²) >= 11 is 0. The van der Waals surface area contributed by atoms with Gasteiger partial charge >= 0.3 is 0 Å². The second kappa shape index (κ2) is 6.81. The highest BCUT2D eigenvalue weighted by molar-refractivity contribution is 5.98. The van der Waals surface area contributed by atoms with Crippen molar-refractivity contribution in [3.63, 3.8) is 0 Å². The maximum Gasteiger partial charge on any atom is 0.227 e. The summed E-state index contributed by atoms with van der Waals surface area (Å²) in [6.07, 6.45) is 2.79. The van der Waals surface area contributed by atoms with Crippen molar-refractivity contribution >= 4 is 22.5 Å². The van der Waals surface area contributed by atoms with Crippen molar-refractivity contribution in [2.75, 3.05) is 4.90 Å². The molecule has 1 aromatic heterocycles. The number of aromatic nitrogens is 2. The van der Waals surface area contributed by atoms with E-state index in [4.69, 9.17) is 0 Å². The molecule has 0 aliphatic carbocycles. The normalized spacial score (nSPS) is 16.7. The SMILES string of the molecule is O=C1CC[C@@H](c2cccc(F)c2)N1c1ccc2c(cnn2-c2ccc(F)cc2)c1. The van der Waals surface area contributed by atoms with Crippen molar-refractivity contribution in [1.29, 1.82) is 0 Å². The molecule has 4 aromatic rings. The van der Waals surface area contributed by atoms with Crippen molar-refractivity contribution in [2.45, 2.75) is 18.9 Å². The monoisotopic (exact) mass is 389 g/mol. The molecule has 144 valence electrons. The molecule has 0 unspecified atom stereocenters. The molecule has 5 rings (SSSR count). The first-order chi connectivity index (χ1) is 14.1. The molecule has 1 atom stereocenters. The largest absolute Gasteiger partial charge is 0.305 e. The smallest absolute Gasteiger partial charge is 0.227 e. The first-order valence-electron chi connectivity index (χ1n) is 9.41. The third-order valence-corrected chi connectivity index (χ3v) is 5.35. The van der Waals surface area contributed by atoms with E-state index in [1.54, 1.807) is 34.0 Å². The Hall–Kier alpha value is -3.54. The lowest BCUT2D eigenvalue weighted by Crippen LogP contribution is -2.27. The molecule has 0 N–H and O–H groups in total. The van der Waals surface area contributed by atoms with Gasteiger partial charge in [0.1, 0.15) is 11.6 Å². The number of hydrogen-bond acceptors (Lipinski definition) is 2. The van der Waals surface area contributed by atoms with Crippen LogP contribution >= 0.6 is 0 Å². The second-order valence-electron chi connectivity index (χ2n) is 7.15. The van der Waals surface area contributed by atoms with Gasteiger partial charge in [-0.25, -0.2) is 13.5 Å². The summed E-state index contributed by atoms with van der Waals surface area (Å²) in [5.41, 5.74) is 3.16. The summed E-state index contributed by atoms with van der Waals surface area (Å²) in [6.45, 7) is 0. The number of halogens is 2. The summed E-state index contributed by atoms with van der Waals surface area (Å²) in [4.78, 5) is 14.4. The van der Waals surface area contributed by atoms with Crippen molar-refractivity contribution in [3.05, 3.63) is 90.1 Å². The van der Waals surface area contributed by atoms with E-state index in [9.17, 15) is 13.6 Å². The number of carbonyl (C=O) groups excluding carboxylic acids is 1. The molecule has 6 heteroatoms. The molecule has 0 saturated carbocycles. The zero-order valence-electron chi connectivity index (χ0n) is 15.4. The molecule has 29 heavy (non-hydrogen) atoms. The minimum Gasteiger partial charge on any atom is -0.305 e. The molecule has 3 aromatic carbocycles. The van der Waals surface area contributed by atoms with Gasteiger partial charge in [-0.3, -0.25) is 4.79 Å². The summed E-state index contributed by atoms with van der Waals surface area (Å²) in [6, 6.07) is 18.0. The van der Waals surface area contributed by atoms with Gasteiger partial charge in [0.25, 0.3) is 0 Å². The molecule has 1 fully saturated rings. The lowest BCUT2D eigenvalue weighted by atomic mass is 10.0. The third kappa shape index (κ3) is 3.06. The second-order valence-corrected chi connectivity index (χ2v) is 7.15. The number of anilines is 1. The fourth-order valence-electron chi connectivity index (χ4n) is 4.00. The molecule has 1 saturated heterocycles. The Morgan fingerprint density at radius 1 is 0.897 bits per heavy atom. The number of amides is 1.